The molecular weight excluding hydrogens is 271 g/mol. The third-order valence-electron chi connectivity index (χ3n) is 2.91. The number of hydrogen-bond donors (Lipinski definition) is 1. The largest absolute Gasteiger partial charge is 0.370 e. The number of pyridine rings is 1. The molecule has 0 aliphatic heterocycles. The Morgan fingerprint density at radius 3 is 2.94 bits per heavy atom. The first-order chi connectivity index (χ1) is 7.68. The molecule has 0 aromatic carbocycles. The lowest BCUT2D eigenvalue weighted by Crippen LogP contribution is -2.03. The van der Waals surface area contributed by atoms with Gasteiger partial charge in [0.2, 0.25) is 0 Å². The normalized spacial score (nSPS) is 27.8. The van der Waals surface area contributed by atoms with Crippen LogP contribution >= 0.6 is 15.9 Å². The van der Waals surface area contributed by atoms with E-state index in [0.29, 0.717) is 6.42 Å². The molecule has 1 fully saturated rings. The van der Waals surface area contributed by atoms with Crippen LogP contribution in [-0.4, -0.2) is 16.1 Å². The molecule has 1 saturated carbocycles. The second-order valence-electron chi connectivity index (χ2n) is 4.30. The summed E-state index contributed by atoms with van der Waals surface area (Å²) in [6, 6.07) is 5.81. The van der Waals surface area contributed by atoms with E-state index in [4.69, 9.17) is 0 Å². The third-order valence-corrected chi connectivity index (χ3v) is 3.88. The SMILES string of the molecule is FC1(Br)CC1CCCCNc1ccccn1. The summed E-state index contributed by atoms with van der Waals surface area (Å²) >= 11 is 3.07. The number of rotatable bonds is 6. The van der Waals surface area contributed by atoms with E-state index >= 15 is 0 Å². The summed E-state index contributed by atoms with van der Waals surface area (Å²) in [6.45, 7) is 0.908. The van der Waals surface area contributed by atoms with Crippen molar-refractivity contribution in [2.24, 2.45) is 5.92 Å². The van der Waals surface area contributed by atoms with Crippen molar-refractivity contribution in [3.63, 3.8) is 0 Å². The van der Waals surface area contributed by atoms with Gasteiger partial charge in [0.25, 0.3) is 0 Å². The Bertz CT molecular complexity index is 329. The van der Waals surface area contributed by atoms with Crippen LogP contribution in [0.3, 0.4) is 0 Å². The van der Waals surface area contributed by atoms with E-state index in [1.807, 2.05) is 18.2 Å². The molecule has 1 aliphatic rings. The minimum atomic E-state index is -1.04. The number of hydrogen-bond acceptors (Lipinski definition) is 2. The van der Waals surface area contributed by atoms with Gasteiger partial charge in [-0.25, -0.2) is 9.37 Å². The van der Waals surface area contributed by atoms with Gasteiger partial charge in [-0.2, -0.15) is 0 Å². The van der Waals surface area contributed by atoms with E-state index in [0.717, 1.165) is 31.6 Å². The zero-order valence-electron chi connectivity index (χ0n) is 9.13. The zero-order chi connectivity index (χ0) is 11.4. The Morgan fingerprint density at radius 1 is 1.50 bits per heavy atom. The molecule has 2 unspecified atom stereocenters. The molecule has 2 rings (SSSR count). The first-order valence-electron chi connectivity index (χ1n) is 5.71. The van der Waals surface area contributed by atoms with Crippen LogP contribution in [-0.2, 0) is 0 Å². The molecule has 1 aliphatic carbocycles. The summed E-state index contributed by atoms with van der Waals surface area (Å²) in [5.41, 5.74) is 0. The van der Waals surface area contributed by atoms with Crippen molar-refractivity contribution in [3.05, 3.63) is 24.4 Å². The fraction of sp³-hybridized carbons (Fsp3) is 0.583. The molecule has 16 heavy (non-hydrogen) atoms. The minimum Gasteiger partial charge on any atom is -0.370 e. The van der Waals surface area contributed by atoms with E-state index in [9.17, 15) is 4.39 Å². The van der Waals surface area contributed by atoms with Crippen LogP contribution in [0.1, 0.15) is 25.7 Å². The monoisotopic (exact) mass is 286 g/mol. The number of halogens is 2. The first-order valence-corrected chi connectivity index (χ1v) is 6.50. The van der Waals surface area contributed by atoms with Crippen LogP contribution in [0.5, 0.6) is 0 Å². The summed E-state index contributed by atoms with van der Waals surface area (Å²) in [7, 11) is 0. The van der Waals surface area contributed by atoms with Crippen LogP contribution in [0.15, 0.2) is 24.4 Å². The fourth-order valence-electron chi connectivity index (χ4n) is 1.78. The molecule has 2 nitrogen and oxygen atoms in total. The van der Waals surface area contributed by atoms with E-state index in [1.54, 1.807) is 6.20 Å². The molecular formula is C12H16BrFN2. The molecule has 0 saturated heterocycles. The van der Waals surface area contributed by atoms with Gasteiger partial charge in [-0.1, -0.05) is 12.5 Å². The van der Waals surface area contributed by atoms with Crippen molar-refractivity contribution in [1.82, 2.24) is 4.98 Å². The molecule has 88 valence electrons. The number of nitrogens with zero attached hydrogens (tertiary/aromatic N) is 1. The molecule has 0 radical (unpaired) electrons. The molecule has 1 aromatic rings. The Balaban J connectivity index is 1.53. The highest BCUT2D eigenvalue weighted by Gasteiger charge is 2.52. The summed E-state index contributed by atoms with van der Waals surface area (Å²) in [5, 5.41) is 3.24. The molecule has 2 atom stereocenters. The maximum atomic E-state index is 13.1. The number of alkyl halides is 2. The lowest BCUT2D eigenvalue weighted by Gasteiger charge is -2.04. The van der Waals surface area contributed by atoms with Crippen LogP contribution in [0.25, 0.3) is 0 Å². The lowest BCUT2D eigenvalue weighted by atomic mass is 10.2. The summed E-state index contributed by atoms with van der Waals surface area (Å²) in [4.78, 5) is 4.17. The highest BCUT2D eigenvalue weighted by molar-refractivity contribution is 9.10. The summed E-state index contributed by atoms with van der Waals surface area (Å²) in [5.74, 6) is 1.15. The van der Waals surface area contributed by atoms with E-state index in [2.05, 4.69) is 26.2 Å². The predicted molar refractivity (Wildman–Crippen MR) is 67.5 cm³/mol. The maximum absolute atomic E-state index is 13.1. The van der Waals surface area contributed by atoms with Gasteiger partial charge in [0, 0.05) is 18.7 Å². The fourth-order valence-corrected chi connectivity index (χ4v) is 2.40. The minimum absolute atomic E-state index is 0.238. The van der Waals surface area contributed by atoms with Gasteiger partial charge in [-0.05, 0) is 47.3 Å². The predicted octanol–water partition coefficient (Wildman–Crippen LogP) is 3.74. The number of unbranched alkanes of at least 4 members (excludes halogenated alkanes) is 1. The number of anilines is 1. The Labute approximate surface area is 104 Å². The molecule has 0 amide bonds. The summed E-state index contributed by atoms with van der Waals surface area (Å²) < 4.78 is 12.1. The van der Waals surface area contributed by atoms with Crippen molar-refractivity contribution in [2.45, 2.75) is 30.3 Å². The Hall–Kier alpha value is -0.640. The molecule has 1 aromatic heterocycles. The van der Waals surface area contributed by atoms with E-state index in [-0.39, 0.29) is 5.92 Å². The topological polar surface area (TPSA) is 24.9 Å². The molecule has 1 heterocycles. The van der Waals surface area contributed by atoms with Gasteiger partial charge in [-0.3, -0.25) is 0 Å². The number of aromatic nitrogens is 1. The van der Waals surface area contributed by atoms with Gasteiger partial charge in [0.1, 0.15) is 5.82 Å². The molecule has 0 bridgehead atoms. The molecule has 0 spiro atoms. The van der Waals surface area contributed by atoms with Crippen molar-refractivity contribution < 1.29 is 4.39 Å². The van der Waals surface area contributed by atoms with E-state index < -0.39 is 4.58 Å². The van der Waals surface area contributed by atoms with Gasteiger partial charge >= 0.3 is 0 Å². The second-order valence-corrected chi connectivity index (χ2v) is 5.62. The van der Waals surface area contributed by atoms with Crippen LogP contribution in [0.2, 0.25) is 0 Å². The van der Waals surface area contributed by atoms with Gasteiger partial charge < -0.3 is 5.32 Å². The smallest absolute Gasteiger partial charge is 0.168 e. The Kier molecular flexibility index (Phi) is 3.79. The average Bonchev–Trinajstić information content (AvgIpc) is 2.87. The third kappa shape index (κ3) is 3.44. The van der Waals surface area contributed by atoms with Crippen LogP contribution < -0.4 is 5.32 Å². The first kappa shape index (κ1) is 11.8. The molecule has 4 heteroatoms. The number of nitrogens with one attached hydrogen (secondary N) is 1. The maximum Gasteiger partial charge on any atom is 0.168 e. The highest BCUT2D eigenvalue weighted by atomic mass is 79.9. The lowest BCUT2D eigenvalue weighted by molar-refractivity contribution is 0.402. The standard InChI is InChI=1S/C12H16BrFN2/c13-12(14)9-10(12)5-1-3-7-15-11-6-2-4-8-16-11/h2,4,6,8,10H,1,3,5,7,9H2,(H,15,16). The molecule has 1 N–H and O–H groups in total. The van der Waals surface area contributed by atoms with Gasteiger partial charge in [-0.15, -0.1) is 0 Å². The second kappa shape index (κ2) is 5.13. The van der Waals surface area contributed by atoms with Crippen LogP contribution in [0.4, 0.5) is 10.2 Å². The van der Waals surface area contributed by atoms with Gasteiger partial charge in [0.15, 0.2) is 4.58 Å². The zero-order valence-corrected chi connectivity index (χ0v) is 10.7. The van der Waals surface area contributed by atoms with Crippen molar-refractivity contribution >= 4 is 21.7 Å². The highest BCUT2D eigenvalue weighted by Crippen LogP contribution is 2.54. The van der Waals surface area contributed by atoms with Crippen molar-refractivity contribution in [3.8, 4) is 0 Å². The van der Waals surface area contributed by atoms with Gasteiger partial charge in [0.05, 0.1) is 0 Å². The quantitative estimate of drug-likeness (QED) is 0.636. The van der Waals surface area contributed by atoms with Crippen LogP contribution in [0, 0.1) is 5.92 Å². The Morgan fingerprint density at radius 2 is 2.31 bits per heavy atom. The van der Waals surface area contributed by atoms with Crippen molar-refractivity contribution in [2.75, 3.05) is 11.9 Å². The van der Waals surface area contributed by atoms with E-state index in [1.165, 1.54) is 0 Å². The van der Waals surface area contributed by atoms with Crippen molar-refractivity contribution in [1.29, 1.82) is 0 Å². The average molecular weight is 287 g/mol. The summed E-state index contributed by atoms with van der Waals surface area (Å²) in [6.07, 6.45) is 5.57.